The van der Waals surface area contributed by atoms with Crippen LogP contribution >= 0.6 is 0 Å². The predicted molar refractivity (Wildman–Crippen MR) is 55.5 cm³/mol. The average molecular weight is 208 g/mol. The summed E-state index contributed by atoms with van der Waals surface area (Å²) in [6, 6.07) is 4.68. The lowest BCUT2D eigenvalue weighted by atomic mass is 10.1. The van der Waals surface area contributed by atoms with Gasteiger partial charge >= 0.3 is 5.97 Å². The minimum atomic E-state index is -1.12. The third-order valence-corrected chi connectivity index (χ3v) is 1.97. The Bertz CT molecular complexity index is 407. The molecule has 0 aromatic heterocycles. The number of aliphatic carboxylic acids is 1. The quantitative estimate of drug-likeness (QED) is 0.586. The van der Waals surface area contributed by atoms with Gasteiger partial charge in [0.15, 0.2) is 0 Å². The number of phenolic OH excluding ortho intramolecular Hbond substituents is 1. The third-order valence-electron chi connectivity index (χ3n) is 1.97. The molecule has 0 heterocycles. The zero-order valence-corrected chi connectivity index (χ0v) is 8.52. The van der Waals surface area contributed by atoms with Gasteiger partial charge in [0.1, 0.15) is 5.75 Å². The number of hydrogen-bond acceptors (Lipinski definition) is 3. The van der Waals surface area contributed by atoms with Crippen LogP contribution in [0.4, 0.5) is 0 Å². The van der Waals surface area contributed by atoms with Crippen molar-refractivity contribution in [3.8, 4) is 5.75 Å². The first-order valence-electron chi connectivity index (χ1n) is 4.33. The molecule has 0 bridgehead atoms. The zero-order chi connectivity index (χ0) is 11.4. The van der Waals surface area contributed by atoms with Crippen LogP contribution < -0.4 is 0 Å². The lowest BCUT2D eigenvalue weighted by Crippen LogP contribution is -2.02. The van der Waals surface area contributed by atoms with Gasteiger partial charge in [-0.05, 0) is 36.3 Å². The van der Waals surface area contributed by atoms with E-state index in [1.54, 1.807) is 19.1 Å². The van der Waals surface area contributed by atoms with Crippen molar-refractivity contribution in [1.29, 1.82) is 0 Å². The maximum absolute atomic E-state index is 10.7. The first-order valence-corrected chi connectivity index (χ1v) is 4.33. The molecule has 0 saturated heterocycles. The number of aryl methyl sites for hydroxylation is 1. The van der Waals surface area contributed by atoms with Gasteiger partial charge in [-0.15, -0.1) is 0 Å². The lowest BCUT2D eigenvalue weighted by Gasteiger charge is -2.03. The molecule has 0 unspecified atom stereocenters. The standard InChI is InChI=1S/C11H12O4/c1-7-5-9(12)4-3-8(7)6-10(15-2)11(13)14/h3-6,12H,1-2H3,(H,13,14). The van der Waals surface area contributed by atoms with Gasteiger partial charge in [-0.2, -0.15) is 0 Å². The summed E-state index contributed by atoms with van der Waals surface area (Å²) >= 11 is 0. The molecule has 0 amide bonds. The van der Waals surface area contributed by atoms with Gasteiger partial charge in [0, 0.05) is 0 Å². The summed E-state index contributed by atoms with van der Waals surface area (Å²) in [4.78, 5) is 10.7. The van der Waals surface area contributed by atoms with Crippen LogP contribution in [0.2, 0.25) is 0 Å². The number of carboxylic acids is 1. The number of benzene rings is 1. The summed E-state index contributed by atoms with van der Waals surface area (Å²) in [6.07, 6.45) is 1.41. The van der Waals surface area contributed by atoms with E-state index in [-0.39, 0.29) is 11.5 Å². The van der Waals surface area contributed by atoms with E-state index >= 15 is 0 Å². The summed E-state index contributed by atoms with van der Waals surface area (Å²) in [5.41, 5.74) is 1.48. The fraction of sp³-hybridized carbons (Fsp3) is 0.182. The highest BCUT2D eigenvalue weighted by Crippen LogP contribution is 2.18. The number of rotatable bonds is 3. The first-order chi connectivity index (χ1) is 7.04. The first kappa shape index (κ1) is 11.1. The highest BCUT2D eigenvalue weighted by Gasteiger charge is 2.07. The van der Waals surface area contributed by atoms with Crippen LogP contribution in [0.25, 0.3) is 6.08 Å². The van der Waals surface area contributed by atoms with Crippen molar-refractivity contribution in [3.05, 3.63) is 35.1 Å². The van der Waals surface area contributed by atoms with E-state index in [1.807, 2.05) is 0 Å². The second-order valence-corrected chi connectivity index (χ2v) is 3.06. The number of carbonyl (C=O) groups is 1. The lowest BCUT2D eigenvalue weighted by molar-refractivity contribution is -0.135. The maximum atomic E-state index is 10.7. The van der Waals surface area contributed by atoms with Crippen molar-refractivity contribution >= 4 is 12.0 Å². The molecular weight excluding hydrogens is 196 g/mol. The Labute approximate surface area is 87.4 Å². The Morgan fingerprint density at radius 2 is 2.13 bits per heavy atom. The molecule has 0 spiro atoms. The van der Waals surface area contributed by atoms with Crippen molar-refractivity contribution in [2.24, 2.45) is 0 Å². The van der Waals surface area contributed by atoms with Crippen LogP contribution in [-0.4, -0.2) is 23.3 Å². The van der Waals surface area contributed by atoms with Crippen molar-refractivity contribution in [2.45, 2.75) is 6.92 Å². The monoisotopic (exact) mass is 208 g/mol. The highest BCUT2D eigenvalue weighted by molar-refractivity contribution is 5.90. The van der Waals surface area contributed by atoms with Crippen LogP contribution in [0, 0.1) is 6.92 Å². The minimum absolute atomic E-state index is 0.135. The van der Waals surface area contributed by atoms with E-state index in [0.717, 1.165) is 5.56 Å². The third kappa shape index (κ3) is 2.74. The second kappa shape index (κ2) is 4.50. The van der Waals surface area contributed by atoms with Gasteiger partial charge in [0.2, 0.25) is 5.76 Å². The molecule has 80 valence electrons. The molecule has 4 heteroatoms. The summed E-state index contributed by atoms with van der Waals surface area (Å²) in [7, 11) is 1.30. The number of carboxylic acid groups (broad SMARTS) is 1. The maximum Gasteiger partial charge on any atom is 0.371 e. The molecule has 0 aliphatic carbocycles. The summed E-state index contributed by atoms with van der Waals surface area (Å²) in [6.45, 7) is 1.78. The molecule has 0 atom stereocenters. The largest absolute Gasteiger partial charge is 0.508 e. The summed E-state index contributed by atoms with van der Waals surface area (Å²) in [5.74, 6) is -1.10. The summed E-state index contributed by atoms with van der Waals surface area (Å²) < 4.78 is 4.70. The highest BCUT2D eigenvalue weighted by atomic mass is 16.5. The normalized spacial score (nSPS) is 11.2. The Morgan fingerprint density at radius 1 is 1.47 bits per heavy atom. The second-order valence-electron chi connectivity index (χ2n) is 3.06. The van der Waals surface area contributed by atoms with Gasteiger partial charge in [-0.25, -0.2) is 4.79 Å². The van der Waals surface area contributed by atoms with Crippen LogP contribution in [-0.2, 0) is 9.53 Å². The Hall–Kier alpha value is -1.97. The van der Waals surface area contributed by atoms with Crippen molar-refractivity contribution < 1.29 is 19.7 Å². The molecule has 0 aliphatic rings. The predicted octanol–water partition coefficient (Wildman–Crippen LogP) is 1.77. The van der Waals surface area contributed by atoms with E-state index in [1.165, 1.54) is 19.3 Å². The van der Waals surface area contributed by atoms with Crippen LogP contribution in [0.5, 0.6) is 5.75 Å². The van der Waals surface area contributed by atoms with Gasteiger partial charge in [-0.1, -0.05) is 6.07 Å². The molecule has 0 aliphatic heterocycles. The van der Waals surface area contributed by atoms with E-state index in [9.17, 15) is 4.79 Å². The number of hydrogen-bond donors (Lipinski definition) is 2. The zero-order valence-electron chi connectivity index (χ0n) is 8.52. The van der Waals surface area contributed by atoms with Crippen LogP contribution in [0.15, 0.2) is 24.0 Å². The Balaban J connectivity index is 3.12. The number of methoxy groups -OCH3 is 1. The fourth-order valence-corrected chi connectivity index (χ4v) is 1.17. The Morgan fingerprint density at radius 3 is 2.60 bits per heavy atom. The minimum Gasteiger partial charge on any atom is -0.508 e. The van der Waals surface area contributed by atoms with Gasteiger partial charge in [-0.3, -0.25) is 0 Å². The topological polar surface area (TPSA) is 66.8 Å². The molecule has 1 aromatic carbocycles. The molecule has 1 rings (SSSR count). The molecule has 1 aromatic rings. The fourth-order valence-electron chi connectivity index (χ4n) is 1.17. The Kier molecular flexibility index (Phi) is 3.33. The van der Waals surface area contributed by atoms with E-state index in [4.69, 9.17) is 14.9 Å². The van der Waals surface area contributed by atoms with E-state index in [0.29, 0.717) is 5.56 Å². The SMILES string of the molecule is COC(=Cc1ccc(O)cc1C)C(=O)O. The molecule has 4 nitrogen and oxygen atoms in total. The molecule has 0 fully saturated rings. The van der Waals surface area contributed by atoms with Gasteiger partial charge < -0.3 is 14.9 Å². The van der Waals surface area contributed by atoms with Gasteiger partial charge in [0.05, 0.1) is 7.11 Å². The van der Waals surface area contributed by atoms with Crippen LogP contribution in [0.1, 0.15) is 11.1 Å². The number of phenols is 1. The van der Waals surface area contributed by atoms with E-state index < -0.39 is 5.97 Å². The molecular formula is C11H12O4. The van der Waals surface area contributed by atoms with Crippen molar-refractivity contribution in [2.75, 3.05) is 7.11 Å². The number of aromatic hydroxyl groups is 1. The van der Waals surface area contributed by atoms with Crippen LogP contribution in [0.3, 0.4) is 0 Å². The molecule has 15 heavy (non-hydrogen) atoms. The van der Waals surface area contributed by atoms with E-state index in [2.05, 4.69) is 0 Å². The van der Waals surface area contributed by atoms with Crippen molar-refractivity contribution in [3.63, 3.8) is 0 Å². The van der Waals surface area contributed by atoms with Crippen molar-refractivity contribution in [1.82, 2.24) is 0 Å². The molecule has 2 N–H and O–H groups in total. The smallest absolute Gasteiger partial charge is 0.371 e. The molecule has 0 saturated carbocycles. The number of ether oxygens (including phenoxy) is 1. The average Bonchev–Trinajstić information content (AvgIpc) is 2.16. The summed E-state index contributed by atoms with van der Waals surface area (Å²) in [5, 5.41) is 17.9. The molecule has 0 radical (unpaired) electrons. The van der Waals surface area contributed by atoms with Gasteiger partial charge in [0.25, 0.3) is 0 Å².